The fourth-order valence-corrected chi connectivity index (χ4v) is 4.12. The minimum absolute atomic E-state index is 0.203. The number of benzene rings is 3. The number of aryl methyl sites for hydroxylation is 1. The van der Waals surface area contributed by atoms with E-state index < -0.39 is 5.60 Å². The molecule has 1 amide bonds. The smallest absolute Gasteiger partial charge is 0.259 e. The number of fused-ring (bicyclic) bond motifs is 3. The first-order valence-corrected chi connectivity index (χ1v) is 10.3. The van der Waals surface area contributed by atoms with E-state index in [9.17, 15) is 4.79 Å². The van der Waals surface area contributed by atoms with Crippen LogP contribution < -0.4 is 15.4 Å². The van der Waals surface area contributed by atoms with Crippen molar-refractivity contribution in [1.82, 2.24) is 9.55 Å². The van der Waals surface area contributed by atoms with Crippen LogP contribution in [0.15, 0.2) is 66.7 Å². The molecule has 0 bridgehead atoms. The number of aromatic nitrogens is 2. The van der Waals surface area contributed by atoms with Gasteiger partial charge in [0.2, 0.25) is 5.95 Å². The van der Waals surface area contributed by atoms with Gasteiger partial charge in [0.25, 0.3) is 5.91 Å². The molecule has 2 N–H and O–H groups in total. The van der Waals surface area contributed by atoms with E-state index in [1.165, 1.54) is 0 Å². The molecule has 156 valence electrons. The lowest BCUT2D eigenvalue weighted by molar-refractivity contribution is 0.101. The Kier molecular flexibility index (Phi) is 4.43. The monoisotopic (exact) mass is 412 g/mol. The maximum absolute atomic E-state index is 13.2. The molecule has 6 nitrogen and oxygen atoms in total. The summed E-state index contributed by atoms with van der Waals surface area (Å²) in [5, 5.41) is 6.34. The number of imidazole rings is 1. The van der Waals surface area contributed by atoms with Gasteiger partial charge in [-0.15, -0.1) is 0 Å². The molecular formula is C25H24N4O2. The molecule has 0 saturated carbocycles. The van der Waals surface area contributed by atoms with Gasteiger partial charge in [-0.1, -0.05) is 36.4 Å². The van der Waals surface area contributed by atoms with Crippen LogP contribution >= 0.6 is 0 Å². The van der Waals surface area contributed by atoms with Gasteiger partial charge in [-0.25, -0.2) is 4.98 Å². The largest absolute Gasteiger partial charge is 0.486 e. The third-order valence-electron chi connectivity index (χ3n) is 5.49. The molecule has 6 heteroatoms. The van der Waals surface area contributed by atoms with Gasteiger partial charge in [-0.3, -0.25) is 4.79 Å². The van der Waals surface area contributed by atoms with E-state index in [1.54, 1.807) is 0 Å². The number of nitrogens with zero attached hydrogens (tertiary/aromatic N) is 2. The number of ether oxygens (including phenoxy) is 1. The number of carbonyl (C=O) groups excluding carboxylic acids is 1. The summed E-state index contributed by atoms with van der Waals surface area (Å²) in [5.41, 5.74) is 4.56. The number of nitrogens with one attached hydrogen (secondary N) is 2. The van der Waals surface area contributed by atoms with Crippen molar-refractivity contribution in [3.05, 3.63) is 77.9 Å². The highest BCUT2D eigenvalue weighted by Gasteiger charge is 2.36. The van der Waals surface area contributed by atoms with Crippen LogP contribution in [0.2, 0.25) is 0 Å². The number of amides is 1. The molecule has 0 atom stereocenters. The lowest BCUT2D eigenvalue weighted by Crippen LogP contribution is -2.25. The molecule has 0 aliphatic carbocycles. The summed E-state index contributed by atoms with van der Waals surface area (Å²) >= 11 is 0. The summed E-state index contributed by atoms with van der Waals surface area (Å²) in [4.78, 5) is 18.0. The van der Waals surface area contributed by atoms with Gasteiger partial charge in [0.05, 0.1) is 16.6 Å². The summed E-state index contributed by atoms with van der Waals surface area (Å²) in [6.45, 7) is 4.08. The summed E-state index contributed by atoms with van der Waals surface area (Å²) in [5.74, 6) is 1.15. The van der Waals surface area contributed by atoms with Crippen molar-refractivity contribution in [3.8, 4) is 5.75 Å². The van der Waals surface area contributed by atoms with Crippen molar-refractivity contribution < 1.29 is 9.53 Å². The van der Waals surface area contributed by atoms with E-state index in [-0.39, 0.29) is 5.91 Å². The Bertz CT molecular complexity index is 1280. The van der Waals surface area contributed by atoms with Crippen LogP contribution in [-0.2, 0) is 13.5 Å². The first kappa shape index (κ1) is 19.2. The quantitative estimate of drug-likeness (QED) is 0.478. The summed E-state index contributed by atoms with van der Waals surface area (Å²) in [6, 6.07) is 21.2. The maximum atomic E-state index is 13.2. The van der Waals surface area contributed by atoms with Crippen molar-refractivity contribution in [2.75, 3.05) is 10.6 Å². The van der Waals surface area contributed by atoms with Gasteiger partial charge in [-0.05, 0) is 44.2 Å². The Morgan fingerprint density at radius 1 is 1.03 bits per heavy atom. The Labute approximate surface area is 180 Å². The van der Waals surface area contributed by atoms with Crippen molar-refractivity contribution in [2.45, 2.75) is 25.9 Å². The fourth-order valence-electron chi connectivity index (χ4n) is 4.12. The molecule has 1 aromatic heterocycles. The Hall–Kier alpha value is -3.80. The number of hydrogen-bond acceptors (Lipinski definition) is 4. The molecule has 0 radical (unpaired) electrons. The second-order valence-corrected chi connectivity index (χ2v) is 8.44. The normalized spacial score (nSPS) is 14.2. The zero-order chi connectivity index (χ0) is 21.6. The third kappa shape index (κ3) is 3.50. The van der Waals surface area contributed by atoms with Gasteiger partial charge < -0.3 is 19.9 Å². The fraction of sp³-hybridized carbons (Fsp3) is 0.200. The molecule has 0 unspecified atom stereocenters. The van der Waals surface area contributed by atoms with Gasteiger partial charge in [0.1, 0.15) is 11.4 Å². The summed E-state index contributed by atoms with van der Waals surface area (Å²) in [7, 11) is 1.98. The minimum atomic E-state index is -0.393. The molecule has 31 heavy (non-hydrogen) atoms. The maximum Gasteiger partial charge on any atom is 0.259 e. The lowest BCUT2D eigenvalue weighted by atomic mass is 9.98. The van der Waals surface area contributed by atoms with Gasteiger partial charge in [0, 0.05) is 30.4 Å². The minimum Gasteiger partial charge on any atom is -0.486 e. The molecule has 0 saturated heterocycles. The number of hydrogen-bond donors (Lipinski definition) is 2. The van der Waals surface area contributed by atoms with Crippen molar-refractivity contribution in [2.24, 2.45) is 7.05 Å². The molecule has 2 heterocycles. The molecule has 4 aromatic rings. The highest BCUT2D eigenvalue weighted by atomic mass is 16.5. The average molecular weight is 412 g/mol. The summed E-state index contributed by atoms with van der Waals surface area (Å²) < 4.78 is 8.29. The molecular weight excluding hydrogens is 388 g/mol. The zero-order valence-corrected chi connectivity index (χ0v) is 17.8. The Morgan fingerprint density at radius 3 is 2.35 bits per heavy atom. The third-order valence-corrected chi connectivity index (χ3v) is 5.49. The second-order valence-electron chi connectivity index (χ2n) is 8.44. The van der Waals surface area contributed by atoms with E-state index in [1.807, 2.05) is 92.2 Å². The summed E-state index contributed by atoms with van der Waals surface area (Å²) in [6.07, 6.45) is 0.704. The van der Waals surface area contributed by atoms with E-state index in [2.05, 4.69) is 10.6 Å². The SMILES string of the molecule is Cn1c(Nc2ccccc2)nc2cc(C(=O)Nc3ccccc3)c3c(c21)CC(C)(C)O3. The van der Waals surface area contributed by atoms with Gasteiger partial charge in [0.15, 0.2) is 0 Å². The number of para-hydroxylation sites is 2. The van der Waals surface area contributed by atoms with Crippen LogP contribution in [0.25, 0.3) is 11.0 Å². The van der Waals surface area contributed by atoms with E-state index in [4.69, 9.17) is 9.72 Å². The van der Waals surface area contributed by atoms with Crippen LogP contribution in [0.3, 0.4) is 0 Å². The van der Waals surface area contributed by atoms with Crippen LogP contribution in [0.4, 0.5) is 17.3 Å². The zero-order valence-electron chi connectivity index (χ0n) is 17.8. The second kappa shape index (κ2) is 7.16. The number of rotatable bonds is 4. The first-order chi connectivity index (χ1) is 14.9. The van der Waals surface area contributed by atoms with Crippen LogP contribution in [-0.4, -0.2) is 21.1 Å². The Balaban J connectivity index is 1.61. The van der Waals surface area contributed by atoms with Crippen molar-refractivity contribution in [3.63, 3.8) is 0 Å². The first-order valence-electron chi connectivity index (χ1n) is 10.3. The molecule has 5 rings (SSSR count). The highest BCUT2D eigenvalue weighted by molar-refractivity contribution is 6.09. The van der Waals surface area contributed by atoms with Crippen LogP contribution in [0.5, 0.6) is 5.75 Å². The number of carbonyl (C=O) groups is 1. The van der Waals surface area contributed by atoms with Crippen molar-refractivity contribution >= 4 is 34.3 Å². The average Bonchev–Trinajstić information content (AvgIpc) is 3.24. The number of anilines is 3. The van der Waals surface area contributed by atoms with E-state index in [0.717, 1.165) is 28.0 Å². The van der Waals surface area contributed by atoms with Gasteiger partial charge in [-0.2, -0.15) is 0 Å². The van der Waals surface area contributed by atoms with Crippen LogP contribution in [0.1, 0.15) is 29.8 Å². The Morgan fingerprint density at radius 2 is 1.68 bits per heavy atom. The van der Waals surface area contributed by atoms with E-state index in [0.29, 0.717) is 23.7 Å². The van der Waals surface area contributed by atoms with E-state index >= 15 is 0 Å². The van der Waals surface area contributed by atoms with Crippen LogP contribution in [0, 0.1) is 0 Å². The topological polar surface area (TPSA) is 68.2 Å². The molecule has 1 aliphatic heterocycles. The molecule has 1 aliphatic rings. The van der Waals surface area contributed by atoms with Gasteiger partial charge >= 0.3 is 0 Å². The lowest BCUT2D eigenvalue weighted by Gasteiger charge is -2.18. The van der Waals surface area contributed by atoms with Crippen molar-refractivity contribution in [1.29, 1.82) is 0 Å². The molecule has 3 aromatic carbocycles. The highest BCUT2D eigenvalue weighted by Crippen LogP contribution is 2.43. The predicted octanol–water partition coefficient (Wildman–Crippen LogP) is 5.28. The standard InChI is InChI=1S/C25H24N4O2/c1-25(2)15-19-21-20(28-24(29(21)3)27-17-12-8-5-9-13-17)14-18(22(19)31-25)23(30)26-16-10-6-4-7-11-16/h4-14H,15H2,1-3H3,(H,26,30)(H,27,28). The molecule has 0 spiro atoms. The molecule has 0 fully saturated rings. The predicted molar refractivity (Wildman–Crippen MR) is 123 cm³/mol.